The highest BCUT2D eigenvalue weighted by molar-refractivity contribution is 5.60. The van der Waals surface area contributed by atoms with Gasteiger partial charge < -0.3 is 57.7 Å². The lowest BCUT2D eigenvalue weighted by Crippen LogP contribution is -2.76. The molecule has 2 aliphatic carbocycles. The third kappa shape index (κ3) is 7.68. The number of piperidine rings is 1. The number of benzene rings is 1. The molecule has 0 radical (unpaired) electrons. The van der Waals surface area contributed by atoms with E-state index in [1.165, 1.54) is 5.56 Å². The van der Waals surface area contributed by atoms with Gasteiger partial charge in [0.15, 0.2) is 0 Å². The summed E-state index contributed by atoms with van der Waals surface area (Å²) in [7, 11) is 3.76. The van der Waals surface area contributed by atoms with E-state index in [-0.39, 0.29) is 24.9 Å². The number of nitrogens with zero attached hydrogens (tertiary/aromatic N) is 1. The van der Waals surface area contributed by atoms with E-state index < -0.39 is 11.0 Å². The first-order chi connectivity index (χ1) is 22.1. The van der Waals surface area contributed by atoms with Crippen molar-refractivity contribution in [3.05, 3.63) is 28.8 Å². The predicted octanol–water partition coefficient (Wildman–Crippen LogP) is 1.09. The molecule has 0 aromatic heterocycles. The van der Waals surface area contributed by atoms with E-state index in [4.69, 9.17) is 42.6 Å². The summed E-state index contributed by atoms with van der Waals surface area (Å²) >= 11 is 0. The Bertz CT molecular complexity index is 1050. The molecular weight excluding hydrogens is 586 g/mol. The van der Waals surface area contributed by atoms with Crippen molar-refractivity contribution < 1.29 is 52.8 Å². The molecule has 0 amide bonds. The van der Waals surface area contributed by atoms with Crippen LogP contribution in [0.5, 0.6) is 5.75 Å². The van der Waals surface area contributed by atoms with Gasteiger partial charge in [0.1, 0.15) is 11.9 Å². The fraction of sp³-hybridized carbons (Fsp3) is 0.818. The third-order valence-electron chi connectivity index (χ3n) is 9.80. The van der Waals surface area contributed by atoms with Gasteiger partial charge in [-0.1, -0.05) is 12.1 Å². The van der Waals surface area contributed by atoms with Crippen molar-refractivity contribution in [3.8, 4) is 5.75 Å². The van der Waals surface area contributed by atoms with Gasteiger partial charge in [-0.05, 0) is 44.8 Å². The number of hydrogen-bond donors (Lipinski definition) is 2. The molecule has 256 valence electrons. The fourth-order valence-corrected chi connectivity index (χ4v) is 7.67. The van der Waals surface area contributed by atoms with Gasteiger partial charge in [-0.15, -0.1) is 0 Å². The highest BCUT2D eigenvalue weighted by Gasteiger charge is 2.72. The second-order valence-corrected chi connectivity index (χ2v) is 12.2. The topological polar surface area (TPSA) is 127 Å². The summed E-state index contributed by atoms with van der Waals surface area (Å²) in [5, 5.41) is 22.4. The molecule has 1 aromatic rings. The third-order valence-corrected chi connectivity index (χ3v) is 9.80. The Morgan fingerprint density at radius 2 is 1.36 bits per heavy atom. The fourth-order valence-electron chi connectivity index (χ4n) is 7.67. The van der Waals surface area contributed by atoms with Crippen LogP contribution < -0.4 is 4.74 Å². The van der Waals surface area contributed by atoms with Crippen LogP contribution in [-0.4, -0.2) is 152 Å². The summed E-state index contributed by atoms with van der Waals surface area (Å²) in [6.07, 6.45) is 2.55. The van der Waals surface area contributed by atoms with Crippen LogP contribution in [0.4, 0.5) is 0 Å². The Morgan fingerprint density at radius 3 is 1.91 bits per heavy atom. The van der Waals surface area contributed by atoms with Crippen molar-refractivity contribution in [2.24, 2.45) is 0 Å². The van der Waals surface area contributed by atoms with Gasteiger partial charge in [-0.3, -0.25) is 0 Å². The molecule has 2 aliphatic heterocycles. The van der Waals surface area contributed by atoms with Gasteiger partial charge in [0.25, 0.3) is 0 Å². The first kappa shape index (κ1) is 34.9. The molecule has 2 heterocycles. The average Bonchev–Trinajstić information content (AvgIpc) is 3.40. The highest BCUT2D eigenvalue weighted by atomic mass is 16.6. The Labute approximate surface area is 267 Å². The second-order valence-electron chi connectivity index (χ2n) is 12.2. The zero-order chi connectivity index (χ0) is 31.5. The predicted molar refractivity (Wildman–Crippen MR) is 164 cm³/mol. The molecule has 45 heavy (non-hydrogen) atoms. The molecule has 1 aromatic carbocycles. The normalized spacial score (nSPS) is 28.3. The zero-order valence-electron chi connectivity index (χ0n) is 27.0. The lowest BCUT2D eigenvalue weighted by Gasteiger charge is -2.63. The minimum absolute atomic E-state index is 0.0479. The minimum atomic E-state index is -0.878. The maximum atomic E-state index is 12.3. The maximum absolute atomic E-state index is 12.3. The highest BCUT2D eigenvalue weighted by Crippen LogP contribution is 2.64. The summed E-state index contributed by atoms with van der Waals surface area (Å²) in [6, 6.07) is 4.14. The number of likely N-dealkylation sites (N-methyl/N-ethyl adjacent to an activating group) is 1. The van der Waals surface area contributed by atoms with Crippen LogP contribution in [0.3, 0.4) is 0 Å². The van der Waals surface area contributed by atoms with Crippen molar-refractivity contribution in [1.82, 2.24) is 4.90 Å². The minimum Gasteiger partial charge on any atom is -0.486 e. The number of ether oxygens (including phenoxy) is 9. The Kier molecular flexibility index (Phi) is 13.3. The number of likely N-dealkylation sites (tertiary alicyclic amines) is 1. The van der Waals surface area contributed by atoms with Crippen LogP contribution in [0.15, 0.2) is 12.1 Å². The summed E-state index contributed by atoms with van der Waals surface area (Å²) in [5.41, 5.74) is 1.74. The van der Waals surface area contributed by atoms with Crippen LogP contribution in [0.25, 0.3) is 0 Å². The van der Waals surface area contributed by atoms with Crippen LogP contribution in [0, 0.1) is 0 Å². The van der Waals surface area contributed by atoms with Crippen molar-refractivity contribution in [3.63, 3.8) is 0 Å². The first-order valence-electron chi connectivity index (χ1n) is 16.5. The number of aliphatic hydroxyl groups excluding tert-OH is 1. The molecule has 5 atom stereocenters. The van der Waals surface area contributed by atoms with Crippen molar-refractivity contribution >= 4 is 0 Å². The maximum Gasteiger partial charge on any atom is 0.137 e. The van der Waals surface area contributed by atoms with Gasteiger partial charge in [0.05, 0.1) is 116 Å². The standard InChI is InChI=1S/C33H53NO11/c1-34-8-7-32-29-25-3-4-26(24-35)30(29)45-31(32)27(5-6-33(32,36)28(34)23-25)44-22-21-43-20-19-42-18-17-41-16-15-40-14-13-39-12-11-38-10-9-37-2/h3-4,27-28,31,35-36H,5-24H2,1-2H3/t27-,28?,31-,32-,33+/m0/s1. The van der Waals surface area contributed by atoms with E-state index in [9.17, 15) is 10.2 Å². The summed E-state index contributed by atoms with van der Waals surface area (Å²) in [4.78, 5) is 2.31. The molecule has 2 bridgehead atoms. The van der Waals surface area contributed by atoms with E-state index in [1.54, 1.807) is 7.11 Å². The second kappa shape index (κ2) is 17.1. The molecule has 1 spiro atoms. The number of hydrogen-bond acceptors (Lipinski definition) is 12. The zero-order valence-corrected chi connectivity index (χ0v) is 27.0. The molecule has 1 unspecified atom stereocenters. The SMILES string of the molecule is COCCOCCOCCOCCOCCOCCOCCO[C@H]1CC[C@@]2(O)C3Cc4ccc(CO)c5c4[C@@]2(CCN3C)[C@H]1O5. The van der Waals surface area contributed by atoms with Gasteiger partial charge in [-0.25, -0.2) is 0 Å². The van der Waals surface area contributed by atoms with E-state index in [0.717, 1.165) is 42.7 Å². The molecule has 2 N–H and O–H groups in total. The summed E-state index contributed by atoms with van der Waals surface area (Å²) < 4.78 is 51.1. The molecular formula is C33H53NO11. The van der Waals surface area contributed by atoms with Crippen molar-refractivity contribution in [2.75, 3.05) is 113 Å². The van der Waals surface area contributed by atoms with E-state index in [2.05, 4.69) is 18.0 Å². The van der Waals surface area contributed by atoms with Crippen molar-refractivity contribution in [2.45, 2.75) is 61.6 Å². The van der Waals surface area contributed by atoms with Gasteiger partial charge in [0.2, 0.25) is 0 Å². The van der Waals surface area contributed by atoms with Gasteiger partial charge >= 0.3 is 0 Å². The largest absolute Gasteiger partial charge is 0.486 e. The lowest BCUT2D eigenvalue weighted by atomic mass is 9.48. The molecule has 1 saturated carbocycles. The molecule has 12 nitrogen and oxygen atoms in total. The van der Waals surface area contributed by atoms with E-state index >= 15 is 0 Å². The summed E-state index contributed by atoms with van der Waals surface area (Å²) in [5.74, 6) is 0.767. The van der Waals surface area contributed by atoms with Crippen LogP contribution in [0.1, 0.15) is 36.0 Å². The molecule has 12 heteroatoms. The number of aliphatic hydroxyl groups is 2. The monoisotopic (exact) mass is 639 g/mol. The summed E-state index contributed by atoms with van der Waals surface area (Å²) in [6.45, 7) is 7.98. The lowest BCUT2D eigenvalue weighted by molar-refractivity contribution is -0.213. The molecule has 5 rings (SSSR count). The van der Waals surface area contributed by atoms with E-state index in [0.29, 0.717) is 98.9 Å². The molecule has 2 fully saturated rings. The van der Waals surface area contributed by atoms with Crippen molar-refractivity contribution in [1.29, 1.82) is 0 Å². The first-order valence-corrected chi connectivity index (χ1v) is 16.5. The number of methoxy groups -OCH3 is 1. The Hall–Kier alpha value is -1.42. The van der Waals surface area contributed by atoms with Crippen LogP contribution in [-0.2, 0) is 56.3 Å². The van der Waals surface area contributed by atoms with Crippen LogP contribution >= 0.6 is 0 Å². The number of rotatable bonds is 23. The molecule has 4 aliphatic rings. The average molecular weight is 640 g/mol. The van der Waals surface area contributed by atoms with Gasteiger partial charge in [0, 0.05) is 24.3 Å². The van der Waals surface area contributed by atoms with E-state index in [1.807, 2.05) is 6.07 Å². The van der Waals surface area contributed by atoms with Crippen LogP contribution in [0.2, 0.25) is 0 Å². The van der Waals surface area contributed by atoms with Gasteiger partial charge in [-0.2, -0.15) is 0 Å². The smallest absolute Gasteiger partial charge is 0.137 e. The Morgan fingerprint density at radius 1 is 0.800 bits per heavy atom. The quantitative estimate of drug-likeness (QED) is 0.167. The molecule has 1 saturated heterocycles. The Balaban J connectivity index is 0.921.